The van der Waals surface area contributed by atoms with E-state index in [9.17, 15) is 9.59 Å². The maximum atomic E-state index is 12.5. The SMILES string of the molecule is O=C1CN(C(=O)c2cccc(-c3nn[nH]n3)c2)CCCN1. The molecule has 2 amide bonds. The lowest BCUT2D eigenvalue weighted by Crippen LogP contribution is -2.37. The number of hydrogen-bond donors (Lipinski definition) is 2. The van der Waals surface area contributed by atoms with Crippen LogP contribution in [0, 0.1) is 0 Å². The van der Waals surface area contributed by atoms with Gasteiger partial charge in [-0.2, -0.15) is 5.21 Å². The molecule has 0 aliphatic carbocycles. The number of H-pyrrole nitrogens is 1. The van der Waals surface area contributed by atoms with Gasteiger partial charge < -0.3 is 10.2 Å². The van der Waals surface area contributed by atoms with Crippen LogP contribution in [0.5, 0.6) is 0 Å². The van der Waals surface area contributed by atoms with E-state index < -0.39 is 0 Å². The molecule has 2 heterocycles. The molecule has 0 unspecified atom stereocenters. The van der Waals surface area contributed by atoms with Gasteiger partial charge in [0.05, 0.1) is 6.54 Å². The molecule has 0 radical (unpaired) electrons. The number of amides is 2. The fourth-order valence-corrected chi connectivity index (χ4v) is 2.24. The maximum absolute atomic E-state index is 12.5. The zero-order valence-corrected chi connectivity index (χ0v) is 11.2. The smallest absolute Gasteiger partial charge is 0.254 e. The van der Waals surface area contributed by atoms with Crippen molar-refractivity contribution in [3.8, 4) is 11.4 Å². The number of carbonyl (C=O) groups excluding carboxylic acids is 2. The zero-order chi connectivity index (χ0) is 14.7. The summed E-state index contributed by atoms with van der Waals surface area (Å²) in [4.78, 5) is 25.6. The van der Waals surface area contributed by atoms with Gasteiger partial charge in [0.15, 0.2) is 0 Å². The van der Waals surface area contributed by atoms with E-state index in [-0.39, 0.29) is 18.4 Å². The van der Waals surface area contributed by atoms with Crippen molar-refractivity contribution in [2.75, 3.05) is 19.6 Å². The molecule has 108 valence electrons. The molecule has 1 saturated heterocycles. The average Bonchev–Trinajstić information content (AvgIpc) is 2.96. The van der Waals surface area contributed by atoms with E-state index in [4.69, 9.17) is 0 Å². The Labute approximate surface area is 120 Å². The first kappa shape index (κ1) is 13.2. The van der Waals surface area contributed by atoms with Gasteiger partial charge in [0.2, 0.25) is 11.7 Å². The van der Waals surface area contributed by atoms with Crippen LogP contribution in [0.15, 0.2) is 24.3 Å². The molecule has 8 nitrogen and oxygen atoms in total. The van der Waals surface area contributed by atoms with Crippen LogP contribution in [0.2, 0.25) is 0 Å². The number of tetrazole rings is 1. The lowest BCUT2D eigenvalue weighted by molar-refractivity contribution is -0.121. The molecule has 1 aromatic heterocycles. The second kappa shape index (κ2) is 5.70. The second-order valence-corrected chi connectivity index (χ2v) is 4.75. The minimum absolute atomic E-state index is 0.0886. The number of rotatable bonds is 2. The highest BCUT2D eigenvalue weighted by molar-refractivity contribution is 5.97. The molecule has 0 spiro atoms. The Balaban J connectivity index is 1.84. The summed E-state index contributed by atoms with van der Waals surface area (Å²) in [6.45, 7) is 1.25. The van der Waals surface area contributed by atoms with Gasteiger partial charge in [-0.05, 0) is 23.8 Å². The van der Waals surface area contributed by atoms with Crippen LogP contribution >= 0.6 is 0 Å². The Morgan fingerprint density at radius 2 is 2.24 bits per heavy atom. The number of nitrogens with zero attached hydrogens (tertiary/aromatic N) is 4. The minimum Gasteiger partial charge on any atom is -0.354 e. The van der Waals surface area contributed by atoms with E-state index in [2.05, 4.69) is 25.9 Å². The Morgan fingerprint density at radius 3 is 3.05 bits per heavy atom. The van der Waals surface area contributed by atoms with Crippen LogP contribution in [0.25, 0.3) is 11.4 Å². The van der Waals surface area contributed by atoms with Crippen molar-refractivity contribution in [3.05, 3.63) is 29.8 Å². The molecule has 2 N–H and O–H groups in total. The number of benzene rings is 1. The van der Waals surface area contributed by atoms with Crippen LogP contribution < -0.4 is 5.32 Å². The first-order valence-electron chi connectivity index (χ1n) is 6.64. The molecule has 0 atom stereocenters. The van der Waals surface area contributed by atoms with Gasteiger partial charge in [0.25, 0.3) is 5.91 Å². The molecule has 2 aromatic rings. The normalized spacial score (nSPS) is 15.4. The number of nitrogens with one attached hydrogen (secondary N) is 2. The van der Waals surface area contributed by atoms with Crippen molar-refractivity contribution in [3.63, 3.8) is 0 Å². The lowest BCUT2D eigenvalue weighted by atomic mass is 10.1. The summed E-state index contributed by atoms with van der Waals surface area (Å²) in [6, 6.07) is 6.98. The van der Waals surface area contributed by atoms with Crippen LogP contribution in [0.1, 0.15) is 16.8 Å². The van der Waals surface area contributed by atoms with E-state index in [1.165, 1.54) is 0 Å². The van der Waals surface area contributed by atoms with Crippen molar-refractivity contribution in [2.24, 2.45) is 0 Å². The molecule has 1 aromatic carbocycles. The van der Waals surface area contributed by atoms with Crippen LogP contribution in [0.3, 0.4) is 0 Å². The van der Waals surface area contributed by atoms with Gasteiger partial charge in [0.1, 0.15) is 0 Å². The second-order valence-electron chi connectivity index (χ2n) is 4.75. The fourth-order valence-electron chi connectivity index (χ4n) is 2.24. The Hall–Kier alpha value is -2.77. The van der Waals surface area contributed by atoms with Crippen molar-refractivity contribution in [2.45, 2.75) is 6.42 Å². The molecule has 1 fully saturated rings. The van der Waals surface area contributed by atoms with Gasteiger partial charge in [0, 0.05) is 24.2 Å². The first-order valence-corrected chi connectivity index (χ1v) is 6.64. The third kappa shape index (κ3) is 2.88. The molecule has 3 rings (SSSR count). The zero-order valence-electron chi connectivity index (χ0n) is 11.2. The topological polar surface area (TPSA) is 104 Å². The predicted molar refractivity (Wildman–Crippen MR) is 73.1 cm³/mol. The number of hydrogen-bond acceptors (Lipinski definition) is 5. The van der Waals surface area contributed by atoms with Crippen LogP contribution in [0.4, 0.5) is 0 Å². The van der Waals surface area contributed by atoms with Gasteiger partial charge in [-0.25, -0.2) is 0 Å². The highest BCUT2D eigenvalue weighted by Crippen LogP contribution is 2.16. The van der Waals surface area contributed by atoms with Gasteiger partial charge in [-0.3, -0.25) is 9.59 Å². The van der Waals surface area contributed by atoms with Crippen LogP contribution in [-0.4, -0.2) is 57.0 Å². The summed E-state index contributed by atoms with van der Waals surface area (Å²) < 4.78 is 0. The third-order valence-electron chi connectivity index (χ3n) is 3.26. The molecule has 1 aliphatic rings. The Bertz CT molecular complexity index is 654. The average molecular weight is 286 g/mol. The van der Waals surface area contributed by atoms with Gasteiger partial charge in [-0.1, -0.05) is 12.1 Å². The van der Waals surface area contributed by atoms with E-state index in [1.54, 1.807) is 29.2 Å². The fraction of sp³-hybridized carbons (Fsp3) is 0.308. The minimum atomic E-state index is -0.169. The molecule has 0 saturated carbocycles. The summed E-state index contributed by atoms with van der Waals surface area (Å²) in [7, 11) is 0. The summed E-state index contributed by atoms with van der Waals surface area (Å²) in [5.41, 5.74) is 1.21. The molecule has 1 aliphatic heterocycles. The van der Waals surface area contributed by atoms with E-state index in [0.717, 1.165) is 6.42 Å². The monoisotopic (exact) mass is 286 g/mol. The van der Waals surface area contributed by atoms with E-state index >= 15 is 0 Å². The standard InChI is InChI=1S/C13H14N6O2/c20-11-8-19(6-2-5-14-11)13(21)10-4-1-3-9(7-10)12-15-17-18-16-12/h1,3-4,7H,2,5-6,8H2,(H,14,20)(H,15,16,17,18). The van der Waals surface area contributed by atoms with Gasteiger partial charge >= 0.3 is 0 Å². The number of carbonyl (C=O) groups is 2. The quantitative estimate of drug-likeness (QED) is 0.797. The largest absolute Gasteiger partial charge is 0.354 e. The molecule has 8 heteroatoms. The maximum Gasteiger partial charge on any atom is 0.254 e. The van der Waals surface area contributed by atoms with Crippen molar-refractivity contribution < 1.29 is 9.59 Å². The summed E-state index contributed by atoms with van der Waals surface area (Å²) in [5, 5.41) is 16.4. The third-order valence-corrected chi connectivity index (χ3v) is 3.26. The Morgan fingerprint density at radius 1 is 1.33 bits per heavy atom. The number of aromatic nitrogens is 4. The highest BCUT2D eigenvalue weighted by Gasteiger charge is 2.21. The van der Waals surface area contributed by atoms with Gasteiger partial charge in [-0.15, -0.1) is 10.2 Å². The molecule has 21 heavy (non-hydrogen) atoms. The van der Waals surface area contributed by atoms with E-state index in [1.807, 2.05) is 0 Å². The summed E-state index contributed by atoms with van der Waals surface area (Å²) >= 11 is 0. The predicted octanol–water partition coefficient (Wildman–Crippen LogP) is -0.171. The van der Waals surface area contributed by atoms with Crippen LogP contribution in [-0.2, 0) is 4.79 Å². The summed E-state index contributed by atoms with van der Waals surface area (Å²) in [6.07, 6.45) is 0.752. The molecule has 0 bridgehead atoms. The van der Waals surface area contributed by atoms with E-state index in [0.29, 0.717) is 30.0 Å². The van der Waals surface area contributed by atoms with Crippen molar-refractivity contribution in [1.82, 2.24) is 30.8 Å². The molecular formula is C13H14N6O2. The molecular weight excluding hydrogens is 272 g/mol. The number of aromatic amines is 1. The lowest BCUT2D eigenvalue weighted by Gasteiger charge is -2.19. The highest BCUT2D eigenvalue weighted by atomic mass is 16.2. The van der Waals surface area contributed by atoms with Crippen molar-refractivity contribution in [1.29, 1.82) is 0 Å². The van der Waals surface area contributed by atoms with Crippen molar-refractivity contribution >= 4 is 11.8 Å². The first-order chi connectivity index (χ1) is 10.2. The summed E-state index contributed by atoms with van der Waals surface area (Å²) in [5.74, 6) is 0.130. The Kier molecular flexibility index (Phi) is 3.59.